The molecular weight excluding hydrogens is 429 g/mol. The summed E-state index contributed by atoms with van der Waals surface area (Å²) in [4.78, 5) is 30.6. The van der Waals surface area contributed by atoms with E-state index in [2.05, 4.69) is 10.3 Å². The number of aromatic nitrogens is 4. The minimum atomic E-state index is -0.462. The van der Waals surface area contributed by atoms with Gasteiger partial charge in [-0.2, -0.15) is 4.98 Å². The van der Waals surface area contributed by atoms with Crippen LogP contribution in [-0.2, 0) is 20.6 Å². The van der Waals surface area contributed by atoms with Crippen molar-refractivity contribution in [2.45, 2.75) is 44.4 Å². The van der Waals surface area contributed by atoms with Crippen molar-refractivity contribution in [1.29, 1.82) is 0 Å². The van der Waals surface area contributed by atoms with Crippen molar-refractivity contribution in [2.24, 2.45) is 14.1 Å². The van der Waals surface area contributed by atoms with E-state index in [0.29, 0.717) is 39.1 Å². The molecule has 0 amide bonds. The predicted molar refractivity (Wildman–Crippen MR) is 118 cm³/mol. The molecule has 0 bridgehead atoms. The summed E-state index contributed by atoms with van der Waals surface area (Å²) in [5.41, 5.74) is 0.453. The summed E-state index contributed by atoms with van der Waals surface area (Å²) in [7, 11) is 3.34. The van der Waals surface area contributed by atoms with Crippen LogP contribution in [0.4, 0.5) is 5.95 Å². The Morgan fingerprint density at radius 2 is 1.93 bits per heavy atom. The average Bonchev–Trinajstić information content (AvgIpc) is 3.03. The number of nitrogens with one attached hydrogen (secondary N) is 1. The Bertz CT molecular complexity index is 1230. The van der Waals surface area contributed by atoms with E-state index in [9.17, 15) is 14.7 Å². The third-order valence-corrected chi connectivity index (χ3v) is 6.40. The van der Waals surface area contributed by atoms with Crippen molar-refractivity contribution in [3.05, 3.63) is 54.6 Å². The summed E-state index contributed by atoms with van der Waals surface area (Å²) in [6.45, 7) is 0.0705. The SMILES string of the molecule is Cn1c(N[C@@H]2CCC[C@@H](O)C2)nc2c1c(=O)n(Cc1ccc(Cl)c(Cl)c1)c(=O)n2C. The second kappa shape index (κ2) is 8.09. The van der Waals surface area contributed by atoms with Crippen LogP contribution in [0.3, 0.4) is 0 Å². The summed E-state index contributed by atoms with van der Waals surface area (Å²) in [5, 5.41) is 14.0. The molecule has 2 heterocycles. The van der Waals surface area contributed by atoms with Gasteiger partial charge in [0.25, 0.3) is 5.56 Å². The summed E-state index contributed by atoms with van der Waals surface area (Å²) in [6.07, 6.45) is 2.94. The van der Waals surface area contributed by atoms with Crippen LogP contribution in [0, 0.1) is 0 Å². The van der Waals surface area contributed by atoms with Crippen LogP contribution in [0.5, 0.6) is 0 Å². The third-order valence-electron chi connectivity index (χ3n) is 5.66. The fraction of sp³-hybridized carbons (Fsp3) is 0.450. The van der Waals surface area contributed by atoms with Crippen LogP contribution < -0.4 is 16.6 Å². The second-order valence-corrected chi connectivity index (χ2v) is 8.62. The van der Waals surface area contributed by atoms with Gasteiger partial charge >= 0.3 is 5.69 Å². The topological polar surface area (TPSA) is 94.1 Å². The molecule has 0 spiro atoms. The van der Waals surface area contributed by atoms with Gasteiger partial charge < -0.3 is 15.0 Å². The van der Waals surface area contributed by atoms with Gasteiger partial charge in [0.1, 0.15) is 0 Å². The monoisotopic (exact) mass is 451 g/mol. The number of rotatable bonds is 4. The van der Waals surface area contributed by atoms with Crippen molar-refractivity contribution < 1.29 is 5.11 Å². The van der Waals surface area contributed by atoms with E-state index in [1.807, 2.05) is 0 Å². The van der Waals surface area contributed by atoms with Gasteiger partial charge in [-0.05, 0) is 43.4 Å². The minimum absolute atomic E-state index is 0.0692. The molecule has 2 atom stereocenters. The first-order valence-corrected chi connectivity index (χ1v) is 10.6. The van der Waals surface area contributed by atoms with E-state index < -0.39 is 11.2 Å². The molecule has 10 heteroatoms. The van der Waals surface area contributed by atoms with Crippen LogP contribution in [0.25, 0.3) is 11.2 Å². The molecule has 0 radical (unpaired) electrons. The van der Waals surface area contributed by atoms with E-state index in [0.717, 1.165) is 23.8 Å². The summed E-state index contributed by atoms with van der Waals surface area (Å²) in [5.74, 6) is 0.503. The zero-order valence-electron chi connectivity index (χ0n) is 16.7. The molecule has 30 heavy (non-hydrogen) atoms. The number of aliphatic hydroxyl groups is 1. The number of fused-ring (bicyclic) bond motifs is 1. The fourth-order valence-corrected chi connectivity index (χ4v) is 4.33. The van der Waals surface area contributed by atoms with Gasteiger partial charge in [-0.15, -0.1) is 0 Å². The summed E-state index contributed by atoms with van der Waals surface area (Å²) in [6, 6.07) is 5.08. The van der Waals surface area contributed by atoms with Crippen LogP contribution in [0.1, 0.15) is 31.2 Å². The van der Waals surface area contributed by atoms with E-state index in [4.69, 9.17) is 23.2 Å². The van der Waals surface area contributed by atoms with E-state index in [-0.39, 0.29) is 18.7 Å². The number of halogens is 2. The molecule has 1 aliphatic carbocycles. The summed E-state index contributed by atoms with van der Waals surface area (Å²) < 4.78 is 4.20. The number of aliphatic hydroxyl groups excluding tert-OH is 1. The Hall–Kier alpha value is -2.29. The number of nitrogens with zero attached hydrogens (tertiary/aromatic N) is 4. The lowest BCUT2D eigenvalue weighted by molar-refractivity contribution is 0.124. The number of hydrogen-bond acceptors (Lipinski definition) is 5. The average molecular weight is 452 g/mol. The molecule has 160 valence electrons. The lowest BCUT2D eigenvalue weighted by Crippen LogP contribution is -2.39. The zero-order chi connectivity index (χ0) is 21.6. The Kier molecular flexibility index (Phi) is 5.65. The van der Waals surface area contributed by atoms with Crippen molar-refractivity contribution in [1.82, 2.24) is 18.7 Å². The minimum Gasteiger partial charge on any atom is -0.393 e. The van der Waals surface area contributed by atoms with E-state index in [1.54, 1.807) is 36.9 Å². The highest BCUT2D eigenvalue weighted by atomic mass is 35.5. The Labute approximate surface area is 182 Å². The van der Waals surface area contributed by atoms with E-state index in [1.165, 1.54) is 4.57 Å². The maximum atomic E-state index is 13.2. The first-order valence-electron chi connectivity index (χ1n) is 9.81. The van der Waals surface area contributed by atoms with Gasteiger partial charge in [0.05, 0.1) is 22.7 Å². The van der Waals surface area contributed by atoms with Crippen LogP contribution in [0.15, 0.2) is 27.8 Å². The van der Waals surface area contributed by atoms with Crippen molar-refractivity contribution in [3.8, 4) is 0 Å². The van der Waals surface area contributed by atoms with E-state index >= 15 is 0 Å². The molecule has 8 nitrogen and oxygen atoms in total. The highest BCUT2D eigenvalue weighted by Gasteiger charge is 2.24. The van der Waals surface area contributed by atoms with Gasteiger partial charge in [-0.3, -0.25) is 13.9 Å². The second-order valence-electron chi connectivity index (χ2n) is 7.81. The van der Waals surface area contributed by atoms with Crippen LogP contribution >= 0.6 is 23.2 Å². The predicted octanol–water partition coefficient (Wildman–Crippen LogP) is 2.50. The normalized spacial score (nSPS) is 19.4. The molecule has 1 aromatic carbocycles. The molecule has 1 fully saturated rings. The number of benzene rings is 1. The lowest BCUT2D eigenvalue weighted by Gasteiger charge is -2.26. The molecule has 0 saturated heterocycles. The molecule has 0 unspecified atom stereocenters. The summed E-state index contributed by atoms with van der Waals surface area (Å²) >= 11 is 12.0. The molecule has 3 aromatic rings. The highest BCUT2D eigenvalue weighted by molar-refractivity contribution is 6.42. The molecule has 2 aromatic heterocycles. The fourth-order valence-electron chi connectivity index (χ4n) is 4.01. The molecule has 2 N–H and O–H groups in total. The van der Waals surface area contributed by atoms with Gasteiger partial charge in [0, 0.05) is 20.1 Å². The van der Waals surface area contributed by atoms with Crippen LogP contribution in [-0.4, -0.2) is 35.9 Å². The smallest absolute Gasteiger partial charge is 0.332 e. The van der Waals surface area contributed by atoms with Crippen LogP contribution in [0.2, 0.25) is 10.0 Å². The maximum absolute atomic E-state index is 13.2. The highest BCUT2D eigenvalue weighted by Crippen LogP contribution is 2.24. The number of imidazole rings is 1. The molecular formula is C20H23Cl2N5O3. The lowest BCUT2D eigenvalue weighted by atomic mass is 9.93. The van der Waals surface area contributed by atoms with Gasteiger partial charge in [0.15, 0.2) is 11.2 Å². The first kappa shape index (κ1) is 21.0. The van der Waals surface area contributed by atoms with Gasteiger partial charge in [-0.1, -0.05) is 29.3 Å². The quantitative estimate of drug-likeness (QED) is 0.635. The molecule has 1 saturated carbocycles. The Morgan fingerprint density at radius 3 is 2.63 bits per heavy atom. The van der Waals surface area contributed by atoms with Gasteiger partial charge in [-0.25, -0.2) is 4.79 Å². The molecule has 4 rings (SSSR count). The van der Waals surface area contributed by atoms with Gasteiger partial charge in [0.2, 0.25) is 5.95 Å². The standard InChI is InChI=1S/C20H23Cl2N5O3/c1-25-16-17(24-19(25)23-12-4-3-5-13(28)9-12)26(2)20(30)27(18(16)29)10-11-6-7-14(21)15(22)8-11/h6-8,12-13,28H,3-5,9-10H2,1-2H3,(H,23,24)/t12-,13-/m1/s1. The Balaban J connectivity index is 1.76. The molecule has 1 aliphatic rings. The van der Waals surface area contributed by atoms with Crippen molar-refractivity contribution in [2.75, 3.05) is 5.32 Å². The first-order chi connectivity index (χ1) is 14.3. The number of hydrogen-bond donors (Lipinski definition) is 2. The van der Waals surface area contributed by atoms with Crippen molar-refractivity contribution in [3.63, 3.8) is 0 Å². The molecule has 0 aliphatic heterocycles. The zero-order valence-corrected chi connectivity index (χ0v) is 18.2. The number of aryl methyl sites for hydroxylation is 2. The number of anilines is 1. The Morgan fingerprint density at radius 1 is 1.17 bits per heavy atom. The third kappa shape index (κ3) is 3.75. The maximum Gasteiger partial charge on any atom is 0.332 e. The van der Waals surface area contributed by atoms with Crippen molar-refractivity contribution >= 4 is 40.3 Å². The largest absolute Gasteiger partial charge is 0.393 e.